The number of sulfonamides is 1. The van der Waals surface area contributed by atoms with Gasteiger partial charge in [0, 0.05) is 43.4 Å². The lowest BCUT2D eigenvalue weighted by Gasteiger charge is -2.22. The molecule has 3 aromatic rings. The Bertz CT molecular complexity index is 1420. The van der Waals surface area contributed by atoms with Crippen molar-refractivity contribution in [3.05, 3.63) is 64.5 Å². The van der Waals surface area contributed by atoms with E-state index in [0.29, 0.717) is 28.9 Å². The first-order valence-corrected chi connectivity index (χ1v) is 14.0. The van der Waals surface area contributed by atoms with Gasteiger partial charge in [-0.25, -0.2) is 17.8 Å². The fourth-order valence-electron chi connectivity index (χ4n) is 4.39. The number of nitrogens with one attached hydrogen (secondary N) is 1. The molecule has 38 heavy (non-hydrogen) atoms. The number of nitrogens with zero attached hydrogens (tertiary/aromatic N) is 4. The molecule has 0 unspecified atom stereocenters. The van der Waals surface area contributed by atoms with Crippen molar-refractivity contribution in [1.82, 2.24) is 14.5 Å². The molecule has 0 radical (unpaired) electrons. The normalized spacial score (nSPS) is 15.3. The third-order valence-electron chi connectivity index (χ3n) is 6.92. The molecule has 0 aliphatic heterocycles. The number of aromatic nitrogens is 2. The molecule has 0 spiro atoms. The summed E-state index contributed by atoms with van der Waals surface area (Å²) in [5.74, 6) is 2.40. The second-order valence-electron chi connectivity index (χ2n) is 9.85. The Morgan fingerprint density at radius 2 is 1.79 bits per heavy atom. The molecule has 11 nitrogen and oxygen atoms in total. The van der Waals surface area contributed by atoms with E-state index < -0.39 is 14.9 Å². The van der Waals surface area contributed by atoms with Gasteiger partial charge in [-0.3, -0.25) is 10.1 Å². The summed E-state index contributed by atoms with van der Waals surface area (Å²) in [4.78, 5) is 13.0. The Morgan fingerprint density at radius 3 is 2.39 bits per heavy atom. The van der Waals surface area contributed by atoms with Crippen molar-refractivity contribution in [2.24, 2.45) is 11.8 Å². The number of rotatable bonds is 13. The number of methoxy groups -OCH3 is 2. The van der Waals surface area contributed by atoms with E-state index in [2.05, 4.69) is 14.7 Å². The third-order valence-corrected chi connectivity index (χ3v) is 8.35. The molecule has 2 fully saturated rings. The van der Waals surface area contributed by atoms with Crippen LogP contribution in [0.5, 0.6) is 11.5 Å². The molecule has 0 atom stereocenters. The van der Waals surface area contributed by atoms with Crippen LogP contribution in [0.2, 0.25) is 0 Å². The highest BCUT2D eigenvalue weighted by Crippen LogP contribution is 2.36. The topological polar surface area (TPSA) is 129 Å². The van der Waals surface area contributed by atoms with Crippen LogP contribution in [0.4, 0.5) is 11.4 Å². The second kappa shape index (κ2) is 10.6. The fraction of sp³-hybridized carbons (Fsp3) is 0.423. The maximum Gasteiger partial charge on any atom is 0.270 e. The highest BCUT2D eigenvalue weighted by Gasteiger charge is 2.30. The van der Waals surface area contributed by atoms with Crippen LogP contribution in [0.1, 0.15) is 31.2 Å². The second-order valence-corrected chi connectivity index (χ2v) is 11.6. The lowest BCUT2D eigenvalue weighted by molar-refractivity contribution is -0.385. The molecule has 0 bridgehead atoms. The number of hydrogen-bond donors (Lipinski definition) is 1. The van der Waals surface area contributed by atoms with Crippen molar-refractivity contribution in [2.75, 3.05) is 32.2 Å². The third kappa shape index (κ3) is 5.91. The molecule has 1 heterocycles. The zero-order valence-electron chi connectivity index (χ0n) is 21.4. The van der Waals surface area contributed by atoms with Gasteiger partial charge in [0.1, 0.15) is 16.4 Å². The molecule has 2 saturated carbocycles. The molecule has 5 rings (SSSR count). The molecule has 1 N–H and O–H groups in total. The Hall–Kier alpha value is -3.64. The summed E-state index contributed by atoms with van der Waals surface area (Å²) in [6.45, 7) is 1.83. The average molecular weight is 542 g/mol. The predicted molar refractivity (Wildman–Crippen MR) is 141 cm³/mol. The smallest absolute Gasteiger partial charge is 0.270 e. The average Bonchev–Trinajstić information content (AvgIpc) is 3.86. The molecule has 1 aromatic heterocycles. The van der Waals surface area contributed by atoms with Crippen LogP contribution in [0.15, 0.2) is 53.7 Å². The molecule has 2 aliphatic rings. The minimum Gasteiger partial charge on any atom is -0.497 e. The molecule has 12 heteroatoms. The number of anilines is 1. The van der Waals surface area contributed by atoms with Crippen LogP contribution in [0.3, 0.4) is 0 Å². The van der Waals surface area contributed by atoms with E-state index >= 15 is 0 Å². The van der Waals surface area contributed by atoms with E-state index in [1.165, 1.54) is 56.7 Å². The summed E-state index contributed by atoms with van der Waals surface area (Å²) < 4.78 is 41.6. The van der Waals surface area contributed by atoms with Crippen molar-refractivity contribution >= 4 is 21.4 Å². The van der Waals surface area contributed by atoms with Gasteiger partial charge in [0.2, 0.25) is 10.0 Å². The van der Waals surface area contributed by atoms with Crippen molar-refractivity contribution < 1.29 is 22.8 Å². The highest BCUT2D eigenvalue weighted by atomic mass is 32.2. The SMILES string of the molecule is COc1ccc(CNS(=O)(=O)c2cc([N+](=O)[O-])ccc2-n2cc(N(CC3CC3)CC3CC3)cn2)c(OC)c1. The van der Waals surface area contributed by atoms with Gasteiger partial charge in [-0.05, 0) is 49.7 Å². The maximum atomic E-state index is 13.5. The molecular weight excluding hydrogens is 510 g/mol. The van der Waals surface area contributed by atoms with Gasteiger partial charge in [0.05, 0.1) is 42.9 Å². The van der Waals surface area contributed by atoms with Crippen molar-refractivity contribution in [3.8, 4) is 17.2 Å². The number of non-ortho nitro benzene ring substituents is 1. The van der Waals surface area contributed by atoms with E-state index in [1.54, 1.807) is 30.6 Å². The molecule has 202 valence electrons. The first-order valence-electron chi connectivity index (χ1n) is 12.6. The maximum absolute atomic E-state index is 13.5. The van der Waals surface area contributed by atoms with Gasteiger partial charge >= 0.3 is 0 Å². The fourth-order valence-corrected chi connectivity index (χ4v) is 5.60. The Labute approximate surface area is 221 Å². The van der Waals surface area contributed by atoms with Gasteiger partial charge in [-0.2, -0.15) is 5.10 Å². The van der Waals surface area contributed by atoms with Crippen LogP contribution < -0.4 is 19.1 Å². The predicted octanol–water partition coefficient (Wildman–Crippen LogP) is 3.90. The minimum absolute atomic E-state index is 0.0848. The summed E-state index contributed by atoms with van der Waals surface area (Å²) >= 11 is 0. The number of benzene rings is 2. The van der Waals surface area contributed by atoms with Crippen LogP contribution in [0, 0.1) is 22.0 Å². The van der Waals surface area contributed by atoms with Gasteiger partial charge in [-0.1, -0.05) is 6.07 Å². The summed E-state index contributed by atoms with van der Waals surface area (Å²) in [7, 11) is -1.17. The van der Waals surface area contributed by atoms with Crippen molar-refractivity contribution in [2.45, 2.75) is 37.1 Å². The van der Waals surface area contributed by atoms with E-state index in [9.17, 15) is 18.5 Å². The first-order chi connectivity index (χ1) is 18.3. The number of nitro groups is 1. The largest absolute Gasteiger partial charge is 0.497 e. The Balaban J connectivity index is 1.44. The summed E-state index contributed by atoms with van der Waals surface area (Å²) in [6.07, 6.45) is 8.44. The van der Waals surface area contributed by atoms with Crippen LogP contribution in [0.25, 0.3) is 5.69 Å². The summed E-state index contributed by atoms with van der Waals surface area (Å²) in [6, 6.07) is 8.82. The van der Waals surface area contributed by atoms with E-state index in [0.717, 1.165) is 24.8 Å². The first kappa shape index (κ1) is 26.0. The van der Waals surface area contributed by atoms with E-state index in [1.807, 2.05) is 0 Å². The van der Waals surface area contributed by atoms with Gasteiger partial charge < -0.3 is 14.4 Å². The minimum atomic E-state index is -4.18. The summed E-state index contributed by atoms with van der Waals surface area (Å²) in [5, 5.41) is 15.9. The van der Waals surface area contributed by atoms with Crippen LogP contribution in [-0.4, -0.2) is 50.4 Å². The lowest BCUT2D eigenvalue weighted by atomic mass is 10.2. The monoisotopic (exact) mass is 541 g/mol. The van der Waals surface area contributed by atoms with Gasteiger partial charge in [0.15, 0.2) is 0 Å². The van der Waals surface area contributed by atoms with Crippen LogP contribution in [-0.2, 0) is 16.6 Å². The number of nitro benzene ring substituents is 1. The van der Waals surface area contributed by atoms with Gasteiger partial charge in [0.25, 0.3) is 5.69 Å². The Kier molecular flexibility index (Phi) is 7.26. The molecule has 2 aliphatic carbocycles. The molecule has 2 aromatic carbocycles. The standard InChI is InChI=1S/C26H31N5O6S/c1-36-23-9-7-20(25(12-23)37-2)13-28-38(34,35)26-11-21(31(32)33)8-10-24(26)30-17-22(14-27-30)29(15-18-3-4-18)16-19-5-6-19/h7-12,14,17-19,28H,3-6,13,15-16H2,1-2H3. The zero-order valence-corrected chi connectivity index (χ0v) is 22.2. The van der Waals surface area contributed by atoms with Gasteiger partial charge in [-0.15, -0.1) is 0 Å². The quantitative estimate of drug-likeness (QED) is 0.255. The number of hydrogen-bond acceptors (Lipinski definition) is 8. The van der Waals surface area contributed by atoms with Crippen molar-refractivity contribution in [1.29, 1.82) is 0 Å². The summed E-state index contributed by atoms with van der Waals surface area (Å²) in [5.41, 5.74) is 1.41. The van der Waals surface area contributed by atoms with E-state index in [-0.39, 0.29) is 22.8 Å². The molecule has 0 amide bonds. The zero-order chi connectivity index (χ0) is 26.9. The number of ether oxygens (including phenoxy) is 2. The van der Waals surface area contributed by atoms with Crippen LogP contribution >= 0.6 is 0 Å². The lowest BCUT2D eigenvalue weighted by Crippen LogP contribution is -2.27. The Morgan fingerprint density at radius 1 is 1.08 bits per heavy atom. The van der Waals surface area contributed by atoms with Crippen molar-refractivity contribution in [3.63, 3.8) is 0 Å². The molecule has 0 saturated heterocycles. The molecular formula is C26H31N5O6S. The highest BCUT2D eigenvalue weighted by molar-refractivity contribution is 7.89. The van der Waals surface area contributed by atoms with E-state index in [4.69, 9.17) is 9.47 Å².